The zero-order valence-electron chi connectivity index (χ0n) is 23.5. The van der Waals surface area contributed by atoms with Crippen LogP contribution < -0.4 is 15.4 Å². The van der Waals surface area contributed by atoms with Crippen LogP contribution in [0.5, 0.6) is 5.75 Å². The molecule has 0 unspecified atom stereocenters. The SMILES string of the molecule is C=C1NC(=O)C(c2ccc(OCc3cc(C)nc4ccccc34)cc2)(N2CCN(CCCCCC)CC2)C(=O)N1. The number of nitrogens with one attached hydrogen (secondary N) is 2. The van der Waals surface area contributed by atoms with Gasteiger partial charge in [-0.2, -0.15) is 0 Å². The molecule has 0 atom stereocenters. The van der Waals surface area contributed by atoms with Gasteiger partial charge in [-0.15, -0.1) is 0 Å². The number of pyridine rings is 1. The van der Waals surface area contributed by atoms with E-state index in [2.05, 4.69) is 34.0 Å². The van der Waals surface area contributed by atoms with Gasteiger partial charge in [0.2, 0.25) is 5.54 Å². The molecule has 2 N–H and O–H groups in total. The number of ether oxygens (including phenoxy) is 1. The Morgan fingerprint density at radius 1 is 0.950 bits per heavy atom. The maximum absolute atomic E-state index is 13.6. The second-order valence-corrected chi connectivity index (χ2v) is 10.7. The van der Waals surface area contributed by atoms with Crippen molar-refractivity contribution >= 4 is 22.7 Å². The van der Waals surface area contributed by atoms with Gasteiger partial charge >= 0.3 is 0 Å². The van der Waals surface area contributed by atoms with Crippen LogP contribution in [0, 0.1) is 6.92 Å². The molecule has 3 heterocycles. The Labute approximate surface area is 236 Å². The minimum Gasteiger partial charge on any atom is -0.489 e. The Morgan fingerprint density at radius 2 is 1.65 bits per heavy atom. The van der Waals surface area contributed by atoms with Gasteiger partial charge in [0, 0.05) is 42.8 Å². The van der Waals surface area contributed by atoms with Gasteiger partial charge in [-0.05, 0) is 49.7 Å². The predicted octanol–water partition coefficient (Wildman–Crippen LogP) is 4.23. The fourth-order valence-electron chi connectivity index (χ4n) is 5.86. The molecule has 2 aromatic carbocycles. The molecule has 5 rings (SSSR count). The number of amides is 2. The number of aryl methyl sites for hydroxylation is 1. The van der Waals surface area contributed by atoms with Gasteiger partial charge < -0.3 is 20.3 Å². The number of rotatable bonds is 10. The van der Waals surface area contributed by atoms with E-state index in [1.807, 2.05) is 66.4 Å². The van der Waals surface area contributed by atoms with Crippen molar-refractivity contribution in [1.82, 2.24) is 25.4 Å². The largest absolute Gasteiger partial charge is 0.489 e. The van der Waals surface area contributed by atoms with Gasteiger partial charge in [0.05, 0.1) is 5.52 Å². The van der Waals surface area contributed by atoms with Crippen LogP contribution >= 0.6 is 0 Å². The van der Waals surface area contributed by atoms with Gasteiger partial charge in [0.1, 0.15) is 18.2 Å². The minimum absolute atomic E-state index is 0.208. The molecule has 210 valence electrons. The first-order valence-electron chi connectivity index (χ1n) is 14.3. The van der Waals surface area contributed by atoms with E-state index < -0.39 is 5.54 Å². The summed E-state index contributed by atoms with van der Waals surface area (Å²) in [5.74, 6) is 0.130. The summed E-state index contributed by atoms with van der Waals surface area (Å²) in [6.45, 7) is 12.3. The topological polar surface area (TPSA) is 86.8 Å². The van der Waals surface area contributed by atoms with Crippen LogP contribution in [0.2, 0.25) is 0 Å². The molecule has 0 radical (unpaired) electrons. The summed E-state index contributed by atoms with van der Waals surface area (Å²) in [5, 5.41) is 6.62. The van der Waals surface area contributed by atoms with Crippen LogP contribution in [-0.2, 0) is 21.7 Å². The van der Waals surface area contributed by atoms with Crippen LogP contribution in [0.25, 0.3) is 10.9 Å². The lowest BCUT2D eigenvalue weighted by atomic mass is 9.83. The fourth-order valence-corrected chi connectivity index (χ4v) is 5.86. The minimum atomic E-state index is -1.47. The molecule has 2 aliphatic rings. The van der Waals surface area contributed by atoms with E-state index in [0.29, 0.717) is 31.0 Å². The first-order valence-corrected chi connectivity index (χ1v) is 14.3. The lowest BCUT2D eigenvalue weighted by Gasteiger charge is -2.47. The third kappa shape index (κ3) is 5.60. The lowest BCUT2D eigenvalue weighted by molar-refractivity contribution is -0.151. The molecule has 3 aromatic rings. The van der Waals surface area contributed by atoms with E-state index >= 15 is 0 Å². The zero-order valence-corrected chi connectivity index (χ0v) is 23.5. The Morgan fingerprint density at radius 3 is 2.35 bits per heavy atom. The first kappa shape index (κ1) is 27.8. The standard InChI is InChI=1S/C32H39N5O3/c1-4-5-6-9-16-36-17-19-37(20-18-36)32(30(38)34-24(3)35-31(32)39)26-12-14-27(15-13-26)40-22-25-21-23(2)33-29-11-8-7-10-28(25)29/h7-8,10-15,21H,3-6,9,16-20,22H2,1-2H3,(H,34,38)(H,35,39). The average molecular weight is 542 g/mol. The number of carbonyl (C=O) groups excluding carboxylic acids is 2. The lowest BCUT2D eigenvalue weighted by Crippen LogP contribution is -2.70. The molecule has 8 nitrogen and oxygen atoms in total. The molecule has 0 saturated carbocycles. The predicted molar refractivity (Wildman–Crippen MR) is 157 cm³/mol. The first-order chi connectivity index (χ1) is 19.4. The van der Waals surface area contributed by atoms with Crippen LogP contribution in [0.3, 0.4) is 0 Å². The number of benzene rings is 2. The van der Waals surface area contributed by atoms with Crippen molar-refractivity contribution in [3.05, 3.63) is 83.8 Å². The molecule has 2 saturated heterocycles. The fraction of sp³-hybridized carbons (Fsp3) is 0.406. The highest BCUT2D eigenvalue weighted by atomic mass is 16.5. The molecule has 0 bridgehead atoms. The van der Waals surface area contributed by atoms with E-state index in [9.17, 15) is 9.59 Å². The number of unbranched alkanes of at least 4 members (excludes halogenated alkanes) is 3. The molecule has 40 heavy (non-hydrogen) atoms. The number of hydrogen-bond acceptors (Lipinski definition) is 6. The Balaban J connectivity index is 1.34. The maximum Gasteiger partial charge on any atom is 0.260 e. The molecule has 2 aliphatic heterocycles. The normalized spacial score (nSPS) is 18.0. The molecule has 8 heteroatoms. The van der Waals surface area contributed by atoms with Crippen molar-refractivity contribution in [2.75, 3.05) is 32.7 Å². The van der Waals surface area contributed by atoms with E-state index in [-0.39, 0.29) is 17.6 Å². The van der Waals surface area contributed by atoms with Crippen molar-refractivity contribution in [2.24, 2.45) is 0 Å². The van der Waals surface area contributed by atoms with E-state index in [4.69, 9.17) is 4.74 Å². The summed E-state index contributed by atoms with van der Waals surface area (Å²) in [6.07, 6.45) is 4.89. The number of piperazine rings is 1. The number of nitrogens with zero attached hydrogens (tertiary/aromatic N) is 3. The van der Waals surface area contributed by atoms with Crippen LogP contribution in [-0.4, -0.2) is 59.3 Å². The van der Waals surface area contributed by atoms with E-state index in [1.165, 1.54) is 25.7 Å². The quantitative estimate of drug-likeness (QED) is 0.295. The Kier molecular flexibility index (Phi) is 8.47. The van der Waals surface area contributed by atoms with Gasteiger partial charge in [-0.25, -0.2) is 0 Å². The van der Waals surface area contributed by atoms with Gasteiger partial charge in [-0.3, -0.25) is 19.5 Å². The van der Waals surface area contributed by atoms with Gasteiger partial charge in [-0.1, -0.05) is 63.1 Å². The second-order valence-electron chi connectivity index (χ2n) is 10.7. The number of fused-ring (bicyclic) bond motifs is 1. The third-order valence-corrected chi connectivity index (χ3v) is 7.96. The Hall–Kier alpha value is -3.75. The average Bonchev–Trinajstić information content (AvgIpc) is 2.95. The molecule has 2 fully saturated rings. The van der Waals surface area contributed by atoms with Crippen LogP contribution in [0.1, 0.15) is 49.4 Å². The van der Waals surface area contributed by atoms with Crippen molar-refractivity contribution < 1.29 is 14.3 Å². The number of carbonyl (C=O) groups is 2. The van der Waals surface area contributed by atoms with Gasteiger partial charge in [0.15, 0.2) is 0 Å². The summed E-state index contributed by atoms with van der Waals surface area (Å²) in [6, 6.07) is 17.4. The third-order valence-electron chi connectivity index (χ3n) is 7.96. The summed E-state index contributed by atoms with van der Waals surface area (Å²) in [5.41, 5.74) is 2.08. The summed E-state index contributed by atoms with van der Waals surface area (Å²) in [4.78, 5) is 36.2. The van der Waals surface area contributed by atoms with Crippen molar-refractivity contribution in [1.29, 1.82) is 0 Å². The van der Waals surface area contributed by atoms with Crippen LogP contribution in [0.4, 0.5) is 0 Å². The number of aromatic nitrogens is 1. The molecular formula is C32H39N5O3. The summed E-state index contributed by atoms with van der Waals surface area (Å²) in [7, 11) is 0. The highest BCUT2D eigenvalue weighted by molar-refractivity contribution is 6.13. The van der Waals surface area contributed by atoms with E-state index in [0.717, 1.165) is 41.8 Å². The molecule has 0 spiro atoms. The Bertz CT molecular complexity index is 1360. The van der Waals surface area contributed by atoms with Crippen LogP contribution in [0.15, 0.2) is 67.0 Å². The van der Waals surface area contributed by atoms with Crippen molar-refractivity contribution in [3.8, 4) is 5.75 Å². The molecular weight excluding hydrogens is 502 g/mol. The van der Waals surface area contributed by atoms with Crippen molar-refractivity contribution in [3.63, 3.8) is 0 Å². The van der Waals surface area contributed by atoms with Gasteiger partial charge in [0.25, 0.3) is 11.8 Å². The second kappa shape index (κ2) is 12.2. The summed E-state index contributed by atoms with van der Waals surface area (Å²) < 4.78 is 6.15. The monoisotopic (exact) mass is 541 g/mol. The number of para-hydroxylation sites is 1. The van der Waals surface area contributed by atoms with E-state index in [1.54, 1.807) is 0 Å². The highest BCUT2D eigenvalue weighted by Crippen LogP contribution is 2.34. The molecule has 2 amide bonds. The highest BCUT2D eigenvalue weighted by Gasteiger charge is 2.55. The zero-order chi connectivity index (χ0) is 28.1. The maximum atomic E-state index is 13.6. The smallest absolute Gasteiger partial charge is 0.260 e. The molecule has 0 aliphatic carbocycles. The number of hydrogen-bond donors (Lipinski definition) is 2. The summed E-state index contributed by atoms with van der Waals surface area (Å²) >= 11 is 0. The molecule has 1 aromatic heterocycles. The van der Waals surface area contributed by atoms with Crippen molar-refractivity contribution in [2.45, 2.75) is 51.7 Å².